The molecule has 0 spiro atoms. The van der Waals surface area contributed by atoms with Crippen LogP contribution in [0.1, 0.15) is 27.7 Å². The highest BCUT2D eigenvalue weighted by atomic mass is 15.1. The molecule has 0 bridgehead atoms. The van der Waals surface area contributed by atoms with Gasteiger partial charge in [0.15, 0.2) is 0 Å². The van der Waals surface area contributed by atoms with Gasteiger partial charge in [0.25, 0.3) is 0 Å². The van der Waals surface area contributed by atoms with E-state index in [4.69, 9.17) is 5.73 Å². The molecule has 0 aromatic rings. The minimum atomic E-state index is -0.0133. The number of likely N-dealkylation sites (N-methyl/N-ethyl adjacent to an activating group) is 1. The van der Waals surface area contributed by atoms with E-state index in [9.17, 15) is 0 Å². The SMILES string of the molecule is CC(CN(C)C)N=C(N)C(C)(C)C. The maximum atomic E-state index is 5.86. The first-order valence-corrected chi connectivity index (χ1v) is 4.72. The topological polar surface area (TPSA) is 41.6 Å². The largest absolute Gasteiger partial charge is 0.387 e. The fourth-order valence-corrected chi connectivity index (χ4v) is 1.00. The quantitative estimate of drug-likeness (QED) is 0.532. The zero-order valence-corrected chi connectivity index (χ0v) is 9.76. The molecule has 2 N–H and O–H groups in total. The van der Waals surface area contributed by atoms with Crippen molar-refractivity contribution in [3.63, 3.8) is 0 Å². The molecule has 78 valence electrons. The van der Waals surface area contributed by atoms with Crippen molar-refractivity contribution in [3.05, 3.63) is 0 Å². The second kappa shape index (κ2) is 4.61. The van der Waals surface area contributed by atoms with Crippen molar-refractivity contribution in [2.45, 2.75) is 33.7 Å². The zero-order chi connectivity index (χ0) is 10.6. The third kappa shape index (κ3) is 5.64. The fourth-order valence-electron chi connectivity index (χ4n) is 1.00. The molecule has 0 heterocycles. The van der Waals surface area contributed by atoms with Crippen LogP contribution in [0, 0.1) is 5.41 Å². The van der Waals surface area contributed by atoms with Crippen molar-refractivity contribution >= 4 is 5.84 Å². The van der Waals surface area contributed by atoms with Gasteiger partial charge in [-0.1, -0.05) is 20.8 Å². The van der Waals surface area contributed by atoms with E-state index in [0.29, 0.717) is 0 Å². The molecule has 3 nitrogen and oxygen atoms in total. The van der Waals surface area contributed by atoms with Crippen LogP contribution >= 0.6 is 0 Å². The summed E-state index contributed by atoms with van der Waals surface area (Å²) in [5, 5.41) is 0. The Kier molecular flexibility index (Phi) is 4.40. The van der Waals surface area contributed by atoms with Crippen LogP contribution < -0.4 is 5.73 Å². The van der Waals surface area contributed by atoms with E-state index in [1.807, 2.05) is 14.1 Å². The zero-order valence-electron chi connectivity index (χ0n) is 9.76. The maximum Gasteiger partial charge on any atom is 0.0995 e. The maximum absolute atomic E-state index is 5.86. The lowest BCUT2D eigenvalue weighted by atomic mass is 9.95. The number of hydrogen-bond acceptors (Lipinski definition) is 2. The van der Waals surface area contributed by atoms with Crippen LogP contribution in [0.5, 0.6) is 0 Å². The number of nitrogens with two attached hydrogens (primary N) is 1. The van der Waals surface area contributed by atoms with Crippen LogP contribution in [0.15, 0.2) is 4.99 Å². The molecule has 1 unspecified atom stereocenters. The molecule has 0 aliphatic heterocycles. The summed E-state index contributed by atoms with van der Waals surface area (Å²) in [5.41, 5.74) is 5.85. The van der Waals surface area contributed by atoms with Crippen LogP contribution in [0.3, 0.4) is 0 Å². The van der Waals surface area contributed by atoms with Gasteiger partial charge < -0.3 is 10.6 Å². The van der Waals surface area contributed by atoms with Gasteiger partial charge >= 0.3 is 0 Å². The average molecular weight is 185 g/mol. The van der Waals surface area contributed by atoms with Crippen molar-refractivity contribution in [2.24, 2.45) is 16.1 Å². The molecule has 1 atom stereocenters. The second-order valence-corrected chi connectivity index (χ2v) is 4.88. The first-order valence-electron chi connectivity index (χ1n) is 4.72. The third-order valence-corrected chi connectivity index (χ3v) is 1.76. The number of aliphatic imine (C=N–C) groups is 1. The molecule has 0 rings (SSSR count). The van der Waals surface area contributed by atoms with Crippen molar-refractivity contribution in [3.8, 4) is 0 Å². The summed E-state index contributed by atoms with van der Waals surface area (Å²) in [4.78, 5) is 6.56. The molecule has 3 heteroatoms. The van der Waals surface area contributed by atoms with Crippen LogP contribution in [-0.2, 0) is 0 Å². The van der Waals surface area contributed by atoms with Crippen LogP contribution in [0.25, 0.3) is 0 Å². The van der Waals surface area contributed by atoms with Gasteiger partial charge in [-0.05, 0) is 21.0 Å². The molecule has 0 saturated heterocycles. The highest BCUT2D eigenvalue weighted by molar-refractivity contribution is 5.85. The lowest BCUT2D eigenvalue weighted by Gasteiger charge is -2.20. The molecule has 0 aromatic heterocycles. The van der Waals surface area contributed by atoms with Crippen LogP contribution in [0.2, 0.25) is 0 Å². The highest BCUT2D eigenvalue weighted by Crippen LogP contribution is 2.13. The molecule has 0 saturated carbocycles. The number of amidine groups is 1. The Morgan fingerprint density at radius 2 is 1.85 bits per heavy atom. The average Bonchev–Trinajstić information content (AvgIpc) is 1.82. The summed E-state index contributed by atoms with van der Waals surface area (Å²) in [6, 6.07) is 0.272. The number of hydrogen-bond donors (Lipinski definition) is 1. The molecule has 0 radical (unpaired) electrons. The Hall–Kier alpha value is -0.570. The minimum Gasteiger partial charge on any atom is -0.387 e. The normalized spacial score (nSPS) is 16.4. The van der Waals surface area contributed by atoms with Gasteiger partial charge in [-0.2, -0.15) is 0 Å². The summed E-state index contributed by atoms with van der Waals surface area (Å²) >= 11 is 0. The van der Waals surface area contributed by atoms with Crippen molar-refractivity contribution < 1.29 is 0 Å². The molecule has 0 fully saturated rings. The number of nitrogens with zero attached hydrogens (tertiary/aromatic N) is 2. The summed E-state index contributed by atoms with van der Waals surface area (Å²) in [6.07, 6.45) is 0. The van der Waals surface area contributed by atoms with Crippen LogP contribution in [-0.4, -0.2) is 37.4 Å². The molecular formula is C10H23N3. The van der Waals surface area contributed by atoms with Gasteiger partial charge in [0.2, 0.25) is 0 Å². The van der Waals surface area contributed by atoms with Crippen LogP contribution in [0.4, 0.5) is 0 Å². The molecule has 0 amide bonds. The first-order chi connectivity index (χ1) is 5.73. The Morgan fingerprint density at radius 3 is 2.15 bits per heavy atom. The van der Waals surface area contributed by atoms with Crippen molar-refractivity contribution in [2.75, 3.05) is 20.6 Å². The highest BCUT2D eigenvalue weighted by Gasteiger charge is 2.16. The van der Waals surface area contributed by atoms with Crippen molar-refractivity contribution in [1.82, 2.24) is 4.90 Å². The fraction of sp³-hybridized carbons (Fsp3) is 0.900. The van der Waals surface area contributed by atoms with E-state index in [1.165, 1.54) is 0 Å². The molecule has 13 heavy (non-hydrogen) atoms. The van der Waals surface area contributed by atoms with E-state index in [2.05, 4.69) is 37.6 Å². The van der Waals surface area contributed by atoms with Gasteiger partial charge in [-0.25, -0.2) is 0 Å². The standard InChI is InChI=1S/C10H23N3/c1-8(7-13(5)6)12-9(11)10(2,3)4/h8H,7H2,1-6H3,(H2,11,12). The lowest BCUT2D eigenvalue weighted by molar-refractivity contribution is 0.382. The Labute approximate surface area is 82.0 Å². The summed E-state index contributed by atoms with van der Waals surface area (Å²) in [7, 11) is 4.08. The second-order valence-electron chi connectivity index (χ2n) is 4.88. The monoisotopic (exact) mass is 185 g/mol. The molecule has 0 aliphatic carbocycles. The summed E-state index contributed by atoms with van der Waals surface area (Å²) < 4.78 is 0. The van der Waals surface area contributed by atoms with Gasteiger partial charge in [-0.3, -0.25) is 4.99 Å². The van der Waals surface area contributed by atoms with E-state index >= 15 is 0 Å². The lowest BCUT2D eigenvalue weighted by Crippen LogP contribution is -2.32. The number of rotatable bonds is 3. The molecule has 0 aromatic carbocycles. The Morgan fingerprint density at radius 1 is 1.38 bits per heavy atom. The van der Waals surface area contributed by atoms with Gasteiger partial charge in [0, 0.05) is 12.0 Å². The predicted molar refractivity (Wildman–Crippen MR) is 59.1 cm³/mol. The van der Waals surface area contributed by atoms with E-state index in [1.54, 1.807) is 0 Å². The van der Waals surface area contributed by atoms with E-state index in [-0.39, 0.29) is 11.5 Å². The minimum absolute atomic E-state index is 0.0133. The predicted octanol–water partition coefficient (Wildman–Crippen LogP) is 1.34. The third-order valence-electron chi connectivity index (χ3n) is 1.76. The Balaban J connectivity index is 4.22. The van der Waals surface area contributed by atoms with Gasteiger partial charge in [0.1, 0.15) is 0 Å². The van der Waals surface area contributed by atoms with E-state index < -0.39 is 0 Å². The molecular weight excluding hydrogens is 162 g/mol. The van der Waals surface area contributed by atoms with E-state index in [0.717, 1.165) is 12.4 Å². The van der Waals surface area contributed by atoms with Gasteiger partial charge in [0.05, 0.1) is 11.9 Å². The van der Waals surface area contributed by atoms with Gasteiger partial charge in [-0.15, -0.1) is 0 Å². The Bertz CT molecular complexity index is 177. The summed E-state index contributed by atoms with van der Waals surface area (Å²) in [6.45, 7) is 9.26. The first kappa shape index (κ1) is 12.4. The molecule has 0 aliphatic rings. The summed E-state index contributed by atoms with van der Waals surface area (Å²) in [5.74, 6) is 0.738. The smallest absolute Gasteiger partial charge is 0.0995 e. The van der Waals surface area contributed by atoms with Crippen molar-refractivity contribution in [1.29, 1.82) is 0 Å².